The van der Waals surface area contributed by atoms with Crippen molar-refractivity contribution >= 4 is 5.91 Å². The lowest BCUT2D eigenvalue weighted by molar-refractivity contribution is -0.173. The Labute approximate surface area is 87.3 Å². The van der Waals surface area contributed by atoms with Gasteiger partial charge in [-0.15, -0.1) is 0 Å². The SMILES string of the molecule is CC1(C2=C[C@H]3[C@H]2C(=O)N3CO)OCCO1. The quantitative estimate of drug-likeness (QED) is 0.492. The number of carbonyl (C=O) groups is 1. The number of amides is 1. The van der Waals surface area contributed by atoms with Crippen LogP contribution in [-0.4, -0.2) is 47.7 Å². The molecule has 5 nitrogen and oxygen atoms in total. The molecule has 0 spiro atoms. The number of fused-ring (bicyclic) bond motifs is 1. The van der Waals surface area contributed by atoms with Crippen LogP contribution in [0.1, 0.15) is 6.92 Å². The molecular weight excluding hydrogens is 198 g/mol. The summed E-state index contributed by atoms with van der Waals surface area (Å²) >= 11 is 0. The van der Waals surface area contributed by atoms with Crippen LogP contribution in [0, 0.1) is 5.92 Å². The van der Waals surface area contributed by atoms with Crippen LogP contribution < -0.4 is 0 Å². The Kier molecular flexibility index (Phi) is 1.75. The van der Waals surface area contributed by atoms with E-state index in [0.29, 0.717) is 13.2 Å². The van der Waals surface area contributed by atoms with Gasteiger partial charge in [0.1, 0.15) is 6.73 Å². The van der Waals surface area contributed by atoms with Crippen molar-refractivity contribution in [1.82, 2.24) is 4.90 Å². The first-order valence-electron chi connectivity index (χ1n) is 5.09. The summed E-state index contributed by atoms with van der Waals surface area (Å²) in [6, 6.07) is 0.0575. The Morgan fingerprint density at radius 3 is 2.80 bits per heavy atom. The number of hydrogen-bond acceptors (Lipinski definition) is 4. The Hall–Kier alpha value is -0.910. The fourth-order valence-corrected chi connectivity index (χ4v) is 2.52. The number of β-lactam (4-membered cyclic amide) rings is 1. The number of likely N-dealkylation sites (tertiary alicyclic amines) is 1. The lowest BCUT2D eigenvalue weighted by Crippen LogP contribution is -2.67. The van der Waals surface area contributed by atoms with Gasteiger partial charge in [-0.3, -0.25) is 4.79 Å². The van der Waals surface area contributed by atoms with Crippen LogP contribution in [0.4, 0.5) is 0 Å². The molecular formula is C10H13NO4. The molecule has 15 heavy (non-hydrogen) atoms. The van der Waals surface area contributed by atoms with E-state index in [2.05, 4.69) is 0 Å². The molecule has 5 heteroatoms. The van der Waals surface area contributed by atoms with Crippen molar-refractivity contribution in [2.24, 2.45) is 5.92 Å². The Morgan fingerprint density at radius 2 is 2.27 bits per heavy atom. The number of rotatable bonds is 2. The van der Waals surface area contributed by atoms with Gasteiger partial charge in [-0.05, 0) is 6.92 Å². The largest absolute Gasteiger partial charge is 0.376 e. The van der Waals surface area contributed by atoms with E-state index >= 15 is 0 Å². The highest BCUT2D eigenvalue weighted by atomic mass is 16.7. The molecule has 0 unspecified atom stereocenters. The van der Waals surface area contributed by atoms with Crippen molar-refractivity contribution in [3.8, 4) is 0 Å². The summed E-state index contributed by atoms with van der Waals surface area (Å²) in [6.45, 7) is 2.78. The lowest BCUT2D eigenvalue weighted by atomic mass is 9.68. The maximum atomic E-state index is 11.6. The minimum absolute atomic E-state index is 0.0275. The van der Waals surface area contributed by atoms with Crippen LogP contribution in [0.2, 0.25) is 0 Å². The van der Waals surface area contributed by atoms with Gasteiger partial charge < -0.3 is 19.5 Å². The zero-order chi connectivity index (χ0) is 10.6. The summed E-state index contributed by atoms with van der Waals surface area (Å²) in [6.07, 6.45) is 1.95. The second-order valence-electron chi connectivity index (χ2n) is 4.18. The molecule has 0 bridgehead atoms. The van der Waals surface area contributed by atoms with Crippen LogP contribution in [0.25, 0.3) is 0 Å². The normalized spacial score (nSPS) is 36.8. The second-order valence-corrected chi connectivity index (χ2v) is 4.18. The fourth-order valence-electron chi connectivity index (χ4n) is 2.52. The predicted molar refractivity (Wildman–Crippen MR) is 49.6 cm³/mol. The second kappa shape index (κ2) is 2.81. The van der Waals surface area contributed by atoms with Gasteiger partial charge in [0.15, 0.2) is 5.79 Å². The van der Waals surface area contributed by atoms with Crippen molar-refractivity contribution in [3.05, 3.63) is 11.6 Å². The molecule has 0 saturated carbocycles. The van der Waals surface area contributed by atoms with Gasteiger partial charge in [-0.2, -0.15) is 0 Å². The van der Waals surface area contributed by atoms with Crippen LogP contribution in [0.3, 0.4) is 0 Å². The number of hydrogen-bond donors (Lipinski definition) is 1. The summed E-state index contributed by atoms with van der Waals surface area (Å²) in [5, 5.41) is 8.91. The number of aliphatic hydroxyl groups excluding tert-OH is 1. The van der Waals surface area contributed by atoms with E-state index < -0.39 is 5.79 Å². The zero-order valence-corrected chi connectivity index (χ0v) is 8.47. The van der Waals surface area contributed by atoms with E-state index in [0.717, 1.165) is 5.57 Å². The summed E-state index contributed by atoms with van der Waals surface area (Å²) in [5.41, 5.74) is 0.916. The average molecular weight is 211 g/mol. The van der Waals surface area contributed by atoms with Crippen LogP contribution in [-0.2, 0) is 14.3 Å². The number of carbonyl (C=O) groups excluding carboxylic acids is 1. The molecule has 1 aliphatic carbocycles. The minimum Gasteiger partial charge on any atom is -0.376 e. The average Bonchev–Trinajstić information content (AvgIpc) is 2.59. The molecule has 0 aromatic heterocycles. The first-order valence-corrected chi connectivity index (χ1v) is 5.09. The molecule has 0 aromatic rings. The number of ether oxygens (including phenoxy) is 2. The van der Waals surface area contributed by atoms with Gasteiger partial charge in [0.05, 0.1) is 25.2 Å². The van der Waals surface area contributed by atoms with Gasteiger partial charge in [-0.1, -0.05) is 6.08 Å². The van der Waals surface area contributed by atoms with E-state index in [1.54, 1.807) is 0 Å². The Bertz CT molecular complexity index is 345. The molecule has 0 aromatic carbocycles. The van der Waals surface area contributed by atoms with Crippen molar-refractivity contribution < 1.29 is 19.4 Å². The smallest absolute Gasteiger partial charge is 0.234 e. The summed E-state index contributed by atoms with van der Waals surface area (Å²) in [4.78, 5) is 13.0. The van der Waals surface area contributed by atoms with Gasteiger partial charge in [0.25, 0.3) is 0 Å². The van der Waals surface area contributed by atoms with Gasteiger partial charge in [0, 0.05) is 5.57 Å². The Balaban J connectivity index is 1.82. The molecule has 2 atom stereocenters. The van der Waals surface area contributed by atoms with E-state index in [9.17, 15) is 4.79 Å². The third-order valence-corrected chi connectivity index (χ3v) is 3.45. The highest BCUT2D eigenvalue weighted by Crippen LogP contribution is 2.48. The molecule has 1 N–H and O–H groups in total. The predicted octanol–water partition coefficient (Wildman–Crippen LogP) is -0.534. The third kappa shape index (κ3) is 1.00. The Morgan fingerprint density at radius 1 is 1.60 bits per heavy atom. The molecule has 2 saturated heterocycles. The van der Waals surface area contributed by atoms with E-state index in [1.807, 2.05) is 13.0 Å². The first kappa shape index (κ1) is 9.33. The van der Waals surface area contributed by atoms with Crippen LogP contribution in [0.5, 0.6) is 0 Å². The number of nitrogens with zero attached hydrogens (tertiary/aromatic N) is 1. The summed E-state index contributed by atoms with van der Waals surface area (Å²) in [7, 11) is 0. The van der Waals surface area contributed by atoms with E-state index in [4.69, 9.17) is 14.6 Å². The topological polar surface area (TPSA) is 59.0 Å². The van der Waals surface area contributed by atoms with Crippen LogP contribution >= 0.6 is 0 Å². The molecule has 3 aliphatic rings. The van der Waals surface area contributed by atoms with Crippen molar-refractivity contribution in [2.45, 2.75) is 18.8 Å². The van der Waals surface area contributed by atoms with Gasteiger partial charge in [-0.25, -0.2) is 0 Å². The monoisotopic (exact) mass is 211 g/mol. The fraction of sp³-hybridized carbons (Fsp3) is 0.700. The zero-order valence-electron chi connectivity index (χ0n) is 8.47. The summed E-state index contributed by atoms with van der Waals surface area (Å²) < 4.78 is 11.0. The highest BCUT2D eigenvalue weighted by Gasteiger charge is 2.59. The van der Waals surface area contributed by atoms with Crippen molar-refractivity contribution in [2.75, 3.05) is 19.9 Å². The molecule has 2 fully saturated rings. The standard InChI is InChI=1S/C10H13NO4/c1-10(14-2-3-15-10)6-4-7-8(6)9(13)11(7)5-12/h4,7-8,12H,2-3,5H2,1H3/t7-,8-/m0/s1. The van der Waals surface area contributed by atoms with Crippen molar-refractivity contribution in [3.63, 3.8) is 0 Å². The molecule has 2 heterocycles. The third-order valence-electron chi connectivity index (χ3n) is 3.45. The molecule has 2 aliphatic heterocycles. The minimum atomic E-state index is -0.710. The molecule has 0 radical (unpaired) electrons. The number of aliphatic hydroxyl groups is 1. The molecule has 3 rings (SSSR count). The maximum Gasteiger partial charge on any atom is 0.234 e. The van der Waals surface area contributed by atoms with Gasteiger partial charge in [0.2, 0.25) is 5.91 Å². The summed E-state index contributed by atoms with van der Waals surface area (Å²) in [5.74, 6) is -0.862. The highest BCUT2D eigenvalue weighted by molar-refractivity contribution is 5.92. The molecule has 82 valence electrons. The molecule has 1 amide bonds. The maximum absolute atomic E-state index is 11.6. The van der Waals surface area contributed by atoms with E-state index in [-0.39, 0.29) is 24.6 Å². The van der Waals surface area contributed by atoms with Gasteiger partial charge >= 0.3 is 0 Å². The van der Waals surface area contributed by atoms with Crippen LogP contribution in [0.15, 0.2) is 11.6 Å². The van der Waals surface area contributed by atoms with E-state index in [1.165, 1.54) is 4.90 Å². The first-order chi connectivity index (χ1) is 7.17. The lowest BCUT2D eigenvalue weighted by Gasteiger charge is -2.54. The van der Waals surface area contributed by atoms with Crippen molar-refractivity contribution in [1.29, 1.82) is 0 Å².